The number of anilines is 1. The Morgan fingerprint density at radius 2 is 1.68 bits per heavy atom. The molecule has 0 aliphatic heterocycles. The molecule has 1 atom stereocenters. The van der Waals surface area contributed by atoms with Crippen molar-refractivity contribution in [2.24, 2.45) is 11.3 Å². The van der Waals surface area contributed by atoms with Crippen LogP contribution in [0.5, 0.6) is 0 Å². The molecule has 0 spiro atoms. The van der Waals surface area contributed by atoms with Crippen LogP contribution in [-0.2, 0) is 19.1 Å². The molecule has 2 amide bonds. The summed E-state index contributed by atoms with van der Waals surface area (Å²) in [6.45, 7) is 7.56. The van der Waals surface area contributed by atoms with Crippen LogP contribution in [0.2, 0.25) is 0 Å². The minimum absolute atomic E-state index is 0.0966. The predicted molar refractivity (Wildman–Crippen MR) is 106 cm³/mol. The lowest BCUT2D eigenvalue weighted by Gasteiger charge is -2.25. The minimum Gasteiger partial charge on any atom is -0.467 e. The van der Waals surface area contributed by atoms with Crippen LogP contribution >= 0.6 is 0 Å². The van der Waals surface area contributed by atoms with Gasteiger partial charge in [0.1, 0.15) is 6.04 Å². The van der Waals surface area contributed by atoms with Gasteiger partial charge in [-0.25, -0.2) is 4.79 Å². The largest absolute Gasteiger partial charge is 0.467 e. The van der Waals surface area contributed by atoms with Crippen molar-refractivity contribution in [1.29, 1.82) is 5.26 Å². The first-order valence-corrected chi connectivity index (χ1v) is 9.23. The lowest BCUT2D eigenvalue weighted by atomic mass is 9.84. The Morgan fingerprint density at radius 3 is 2.18 bits per heavy atom. The Labute approximate surface area is 166 Å². The number of amides is 2. The molecule has 0 saturated heterocycles. The fourth-order valence-electron chi connectivity index (χ4n) is 2.84. The van der Waals surface area contributed by atoms with E-state index in [-0.39, 0.29) is 30.6 Å². The van der Waals surface area contributed by atoms with Crippen molar-refractivity contribution in [2.75, 3.05) is 12.4 Å². The standard InChI is InChI=1S/C21H29N3O4/c1-14(2)10-17(20(27)28-5)24-19(26)12-21(3,4)11-18(25)23-16-8-6-15(13-22)7-9-16/h6-9,14,17H,10-12H2,1-5H3,(H,23,25)(H,24,26). The van der Waals surface area contributed by atoms with E-state index in [2.05, 4.69) is 10.6 Å². The van der Waals surface area contributed by atoms with Crippen molar-refractivity contribution < 1.29 is 19.1 Å². The molecule has 152 valence electrons. The molecule has 1 aromatic rings. The highest BCUT2D eigenvalue weighted by Crippen LogP contribution is 2.26. The zero-order valence-corrected chi connectivity index (χ0v) is 17.2. The monoisotopic (exact) mass is 387 g/mol. The third-order valence-corrected chi connectivity index (χ3v) is 4.10. The van der Waals surface area contributed by atoms with Gasteiger partial charge in [0, 0.05) is 18.5 Å². The highest BCUT2D eigenvalue weighted by molar-refractivity contribution is 5.92. The summed E-state index contributed by atoms with van der Waals surface area (Å²) >= 11 is 0. The number of carbonyl (C=O) groups is 3. The number of nitrogens with zero attached hydrogens (tertiary/aromatic N) is 1. The quantitative estimate of drug-likeness (QED) is 0.633. The predicted octanol–water partition coefficient (Wildman–Crippen LogP) is 3.01. The molecule has 0 aliphatic rings. The van der Waals surface area contributed by atoms with Crippen molar-refractivity contribution in [1.82, 2.24) is 5.32 Å². The first-order valence-electron chi connectivity index (χ1n) is 9.23. The summed E-state index contributed by atoms with van der Waals surface area (Å²) in [4.78, 5) is 36.6. The Bertz CT molecular complexity index is 733. The number of hydrogen-bond donors (Lipinski definition) is 2. The summed E-state index contributed by atoms with van der Waals surface area (Å²) in [7, 11) is 1.29. The Kier molecular flexibility index (Phi) is 8.65. The summed E-state index contributed by atoms with van der Waals surface area (Å²) in [5.74, 6) is -0.782. The molecule has 0 heterocycles. The topological polar surface area (TPSA) is 108 Å². The number of rotatable bonds is 9. The van der Waals surface area contributed by atoms with E-state index < -0.39 is 17.4 Å². The third kappa shape index (κ3) is 8.21. The zero-order valence-electron chi connectivity index (χ0n) is 17.2. The van der Waals surface area contributed by atoms with Gasteiger partial charge in [-0.05, 0) is 42.0 Å². The van der Waals surface area contributed by atoms with Gasteiger partial charge in [0.15, 0.2) is 0 Å². The summed E-state index contributed by atoms with van der Waals surface area (Å²) in [5.41, 5.74) is 0.503. The fraction of sp³-hybridized carbons (Fsp3) is 0.524. The molecule has 2 N–H and O–H groups in total. The van der Waals surface area contributed by atoms with Crippen LogP contribution in [0.1, 0.15) is 52.5 Å². The van der Waals surface area contributed by atoms with E-state index in [1.54, 1.807) is 24.3 Å². The highest BCUT2D eigenvalue weighted by Gasteiger charge is 2.28. The van der Waals surface area contributed by atoms with Crippen LogP contribution in [0.3, 0.4) is 0 Å². The summed E-state index contributed by atoms with van der Waals surface area (Å²) in [6, 6.07) is 7.88. The Hall–Kier alpha value is -2.88. The average molecular weight is 387 g/mol. The molecule has 0 radical (unpaired) electrons. The zero-order chi connectivity index (χ0) is 21.3. The van der Waals surface area contributed by atoms with Gasteiger partial charge in [-0.15, -0.1) is 0 Å². The summed E-state index contributed by atoms with van der Waals surface area (Å²) in [6.07, 6.45) is 0.713. The second-order valence-electron chi connectivity index (χ2n) is 8.03. The highest BCUT2D eigenvalue weighted by atomic mass is 16.5. The van der Waals surface area contributed by atoms with Crippen LogP contribution in [0, 0.1) is 22.7 Å². The molecule has 0 aliphatic carbocycles. The van der Waals surface area contributed by atoms with Crippen LogP contribution < -0.4 is 10.6 Å². The van der Waals surface area contributed by atoms with E-state index in [4.69, 9.17) is 10.00 Å². The van der Waals surface area contributed by atoms with Gasteiger partial charge in [-0.3, -0.25) is 9.59 Å². The van der Waals surface area contributed by atoms with E-state index in [0.29, 0.717) is 17.7 Å². The maximum absolute atomic E-state index is 12.4. The Morgan fingerprint density at radius 1 is 1.11 bits per heavy atom. The minimum atomic E-state index is -0.694. The second kappa shape index (κ2) is 10.5. The van der Waals surface area contributed by atoms with E-state index in [1.807, 2.05) is 33.8 Å². The molecule has 0 fully saturated rings. The number of nitrogens with one attached hydrogen (secondary N) is 2. The molecular weight excluding hydrogens is 358 g/mol. The van der Waals surface area contributed by atoms with Crippen LogP contribution in [0.15, 0.2) is 24.3 Å². The van der Waals surface area contributed by atoms with Crippen molar-refractivity contribution in [3.05, 3.63) is 29.8 Å². The molecule has 1 unspecified atom stereocenters. The van der Waals surface area contributed by atoms with E-state index >= 15 is 0 Å². The second-order valence-corrected chi connectivity index (χ2v) is 8.03. The van der Waals surface area contributed by atoms with E-state index in [1.165, 1.54) is 7.11 Å². The van der Waals surface area contributed by atoms with Gasteiger partial charge in [0.05, 0.1) is 18.7 Å². The maximum atomic E-state index is 12.4. The van der Waals surface area contributed by atoms with Crippen LogP contribution in [0.25, 0.3) is 0 Å². The number of ether oxygens (including phenoxy) is 1. The number of carbonyl (C=O) groups excluding carboxylic acids is 3. The van der Waals surface area contributed by atoms with Crippen LogP contribution in [-0.4, -0.2) is 30.9 Å². The molecule has 7 heteroatoms. The van der Waals surface area contributed by atoms with Crippen LogP contribution in [0.4, 0.5) is 5.69 Å². The number of methoxy groups -OCH3 is 1. The van der Waals surface area contributed by atoms with Crippen molar-refractivity contribution in [2.45, 2.75) is 53.0 Å². The molecular formula is C21H29N3O4. The first-order chi connectivity index (χ1) is 13.1. The summed E-state index contributed by atoms with van der Waals surface area (Å²) in [5, 5.41) is 14.3. The fourth-order valence-corrected chi connectivity index (χ4v) is 2.84. The maximum Gasteiger partial charge on any atom is 0.328 e. The molecule has 7 nitrogen and oxygen atoms in total. The molecule has 0 aromatic heterocycles. The van der Waals surface area contributed by atoms with Gasteiger partial charge < -0.3 is 15.4 Å². The lowest BCUT2D eigenvalue weighted by Crippen LogP contribution is -2.43. The average Bonchev–Trinajstić information content (AvgIpc) is 2.59. The van der Waals surface area contributed by atoms with Gasteiger partial charge in [0.25, 0.3) is 0 Å². The van der Waals surface area contributed by atoms with E-state index in [9.17, 15) is 14.4 Å². The summed E-state index contributed by atoms with van der Waals surface area (Å²) < 4.78 is 4.75. The smallest absolute Gasteiger partial charge is 0.328 e. The van der Waals surface area contributed by atoms with Crippen molar-refractivity contribution in [3.8, 4) is 6.07 Å². The van der Waals surface area contributed by atoms with Gasteiger partial charge in [-0.2, -0.15) is 5.26 Å². The molecule has 1 aromatic carbocycles. The number of esters is 1. The number of hydrogen-bond acceptors (Lipinski definition) is 5. The SMILES string of the molecule is COC(=O)C(CC(C)C)NC(=O)CC(C)(C)CC(=O)Nc1ccc(C#N)cc1. The van der Waals surface area contributed by atoms with Gasteiger partial charge >= 0.3 is 5.97 Å². The molecule has 0 bridgehead atoms. The molecule has 0 saturated carbocycles. The van der Waals surface area contributed by atoms with Crippen molar-refractivity contribution in [3.63, 3.8) is 0 Å². The number of benzene rings is 1. The van der Waals surface area contributed by atoms with Crippen molar-refractivity contribution >= 4 is 23.5 Å². The molecule has 28 heavy (non-hydrogen) atoms. The van der Waals surface area contributed by atoms with Gasteiger partial charge in [0.2, 0.25) is 11.8 Å². The van der Waals surface area contributed by atoms with Gasteiger partial charge in [-0.1, -0.05) is 27.7 Å². The molecule has 1 rings (SSSR count). The van der Waals surface area contributed by atoms with E-state index in [0.717, 1.165) is 0 Å². The lowest BCUT2D eigenvalue weighted by molar-refractivity contribution is -0.145. The Balaban J connectivity index is 2.62. The number of nitriles is 1. The normalized spacial score (nSPS) is 12.0. The third-order valence-electron chi connectivity index (χ3n) is 4.10. The first kappa shape index (κ1) is 23.2.